The second-order valence-electron chi connectivity index (χ2n) is 6.11. The van der Waals surface area contributed by atoms with Crippen molar-refractivity contribution in [3.05, 3.63) is 24.0 Å². The zero-order valence-electron chi connectivity index (χ0n) is 13.8. The average Bonchev–Trinajstić information content (AvgIpc) is 2.90. The van der Waals surface area contributed by atoms with Crippen molar-refractivity contribution in [1.29, 1.82) is 0 Å². The molecule has 0 aliphatic rings. The Labute approximate surface area is 127 Å². The van der Waals surface area contributed by atoms with Crippen LogP contribution in [-0.4, -0.2) is 46.2 Å². The Balaban J connectivity index is 2.22. The number of anilines is 1. The smallest absolute Gasteiger partial charge is 0.157 e. The predicted octanol–water partition coefficient (Wildman–Crippen LogP) is 2.99. The van der Waals surface area contributed by atoms with Gasteiger partial charge in [0.1, 0.15) is 5.82 Å². The van der Waals surface area contributed by atoms with Crippen molar-refractivity contribution in [2.45, 2.75) is 45.6 Å². The number of hydrogen-bond acceptors (Lipinski definition) is 4. The summed E-state index contributed by atoms with van der Waals surface area (Å²) in [5, 5.41) is 7.92. The van der Waals surface area contributed by atoms with Crippen molar-refractivity contribution in [2.24, 2.45) is 0 Å². The summed E-state index contributed by atoms with van der Waals surface area (Å²) < 4.78 is 1.88. The van der Waals surface area contributed by atoms with Crippen LogP contribution in [0.3, 0.4) is 0 Å². The van der Waals surface area contributed by atoms with Gasteiger partial charge in [0.25, 0.3) is 0 Å². The van der Waals surface area contributed by atoms with E-state index < -0.39 is 0 Å². The van der Waals surface area contributed by atoms with Crippen LogP contribution in [0.1, 0.15) is 45.2 Å². The molecule has 2 rings (SSSR count). The van der Waals surface area contributed by atoms with Gasteiger partial charge in [0.15, 0.2) is 5.65 Å². The molecule has 0 saturated heterocycles. The summed E-state index contributed by atoms with van der Waals surface area (Å²) >= 11 is 0. The predicted molar refractivity (Wildman–Crippen MR) is 87.9 cm³/mol. The van der Waals surface area contributed by atoms with E-state index in [2.05, 4.69) is 61.2 Å². The van der Waals surface area contributed by atoms with Crippen molar-refractivity contribution >= 4 is 11.5 Å². The Morgan fingerprint density at radius 3 is 2.71 bits per heavy atom. The molecule has 0 aliphatic heterocycles. The Bertz CT molecular complexity index is 573. The maximum Gasteiger partial charge on any atom is 0.157 e. The first-order valence-corrected chi connectivity index (χ1v) is 7.78. The zero-order valence-corrected chi connectivity index (χ0v) is 13.8. The topological polar surface area (TPSA) is 45.5 Å². The first kappa shape index (κ1) is 15.8. The molecule has 0 bridgehead atoms. The molecule has 2 aromatic rings. The molecule has 0 unspecified atom stereocenters. The molecule has 0 aliphatic carbocycles. The van der Waals surface area contributed by atoms with Crippen LogP contribution >= 0.6 is 0 Å². The molecule has 2 heterocycles. The Kier molecular flexibility index (Phi) is 5.17. The molecule has 1 atom stereocenters. The van der Waals surface area contributed by atoms with Gasteiger partial charge in [-0.05, 0) is 26.4 Å². The third kappa shape index (κ3) is 3.73. The Hall–Kier alpha value is -1.62. The molecule has 0 radical (unpaired) electrons. The molecule has 0 spiro atoms. The maximum atomic E-state index is 4.64. The van der Waals surface area contributed by atoms with Crippen LogP contribution in [0, 0.1) is 0 Å². The number of nitrogens with zero attached hydrogens (tertiary/aromatic N) is 4. The Morgan fingerprint density at radius 1 is 1.33 bits per heavy atom. The van der Waals surface area contributed by atoms with Gasteiger partial charge in [-0.3, -0.25) is 0 Å². The van der Waals surface area contributed by atoms with E-state index in [1.165, 1.54) is 12.8 Å². The van der Waals surface area contributed by atoms with Gasteiger partial charge in [-0.15, -0.1) is 0 Å². The summed E-state index contributed by atoms with van der Waals surface area (Å²) in [5.74, 6) is 1.43. The van der Waals surface area contributed by atoms with Gasteiger partial charge >= 0.3 is 0 Å². The van der Waals surface area contributed by atoms with E-state index in [9.17, 15) is 0 Å². The number of rotatable bonds is 7. The van der Waals surface area contributed by atoms with Gasteiger partial charge < -0.3 is 10.2 Å². The lowest BCUT2D eigenvalue weighted by Crippen LogP contribution is -2.34. The maximum absolute atomic E-state index is 4.64. The van der Waals surface area contributed by atoms with Crippen LogP contribution in [0.5, 0.6) is 0 Å². The quantitative estimate of drug-likeness (QED) is 0.851. The average molecular weight is 289 g/mol. The number of aromatic nitrogens is 3. The molecule has 5 heteroatoms. The standard InChI is InChI=1S/C16H27N5/c1-6-7-13(20(4)5)11-17-16-10-14(12(2)3)19-15-8-9-18-21(15)16/h8-10,12-13,17H,6-7,11H2,1-5H3/t13-/m1/s1. The largest absolute Gasteiger partial charge is 0.368 e. The van der Waals surface area contributed by atoms with E-state index in [-0.39, 0.29) is 0 Å². The minimum atomic E-state index is 0.408. The normalized spacial score (nSPS) is 13.3. The van der Waals surface area contributed by atoms with Crippen LogP contribution in [0.2, 0.25) is 0 Å². The summed E-state index contributed by atoms with van der Waals surface area (Å²) in [4.78, 5) is 6.92. The van der Waals surface area contributed by atoms with Gasteiger partial charge in [-0.2, -0.15) is 9.61 Å². The summed E-state index contributed by atoms with van der Waals surface area (Å²) in [6.07, 6.45) is 4.17. The number of fused-ring (bicyclic) bond motifs is 1. The second kappa shape index (κ2) is 6.89. The number of likely N-dealkylation sites (N-methyl/N-ethyl adjacent to an activating group) is 1. The van der Waals surface area contributed by atoms with E-state index >= 15 is 0 Å². The molecular formula is C16H27N5. The summed E-state index contributed by atoms with van der Waals surface area (Å²) in [7, 11) is 4.27. The van der Waals surface area contributed by atoms with Crippen molar-refractivity contribution in [3.63, 3.8) is 0 Å². The van der Waals surface area contributed by atoms with E-state index in [0.29, 0.717) is 12.0 Å². The second-order valence-corrected chi connectivity index (χ2v) is 6.11. The fourth-order valence-electron chi connectivity index (χ4n) is 2.45. The number of hydrogen-bond donors (Lipinski definition) is 1. The highest BCUT2D eigenvalue weighted by Crippen LogP contribution is 2.19. The molecular weight excluding hydrogens is 262 g/mol. The lowest BCUT2D eigenvalue weighted by molar-refractivity contribution is 0.288. The minimum Gasteiger partial charge on any atom is -0.368 e. The van der Waals surface area contributed by atoms with E-state index in [0.717, 1.165) is 23.7 Å². The third-order valence-electron chi connectivity index (χ3n) is 3.84. The van der Waals surface area contributed by atoms with Gasteiger partial charge in [-0.1, -0.05) is 27.2 Å². The summed E-state index contributed by atoms with van der Waals surface area (Å²) in [6, 6.07) is 4.59. The first-order chi connectivity index (χ1) is 10.0. The molecule has 2 aromatic heterocycles. The fraction of sp³-hybridized carbons (Fsp3) is 0.625. The van der Waals surface area contributed by atoms with Crippen LogP contribution in [0.15, 0.2) is 18.3 Å². The lowest BCUT2D eigenvalue weighted by Gasteiger charge is -2.25. The monoisotopic (exact) mass is 289 g/mol. The summed E-state index contributed by atoms with van der Waals surface area (Å²) in [5.41, 5.74) is 2.00. The molecule has 0 aromatic carbocycles. The van der Waals surface area contributed by atoms with Crippen molar-refractivity contribution < 1.29 is 0 Å². The van der Waals surface area contributed by atoms with Crippen molar-refractivity contribution in [1.82, 2.24) is 19.5 Å². The molecule has 0 fully saturated rings. The molecule has 0 saturated carbocycles. The SMILES string of the molecule is CCC[C@H](CNc1cc(C(C)C)nc2ccnn12)N(C)C. The lowest BCUT2D eigenvalue weighted by atomic mass is 10.1. The minimum absolute atomic E-state index is 0.408. The molecule has 0 amide bonds. The highest BCUT2D eigenvalue weighted by Gasteiger charge is 2.13. The fourth-order valence-corrected chi connectivity index (χ4v) is 2.45. The third-order valence-corrected chi connectivity index (χ3v) is 3.84. The number of nitrogens with one attached hydrogen (secondary N) is 1. The van der Waals surface area contributed by atoms with Crippen LogP contribution in [0.25, 0.3) is 5.65 Å². The van der Waals surface area contributed by atoms with Crippen molar-refractivity contribution in [2.75, 3.05) is 26.0 Å². The highest BCUT2D eigenvalue weighted by molar-refractivity contribution is 5.49. The van der Waals surface area contributed by atoms with E-state index in [4.69, 9.17) is 0 Å². The van der Waals surface area contributed by atoms with E-state index in [1.807, 2.05) is 10.6 Å². The molecule has 21 heavy (non-hydrogen) atoms. The van der Waals surface area contributed by atoms with Crippen LogP contribution < -0.4 is 5.32 Å². The van der Waals surface area contributed by atoms with Crippen LogP contribution in [0.4, 0.5) is 5.82 Å². The Morgan fingerprint density at radius 2 is 2.10 bits per heavy atom. The van der Waals surface area contributed by atoms with Crippen molar-refractivity contribution in [3.8, 4) is 0 Å². The van der Waals surface area contributed by atoms with Gasteiger partial charge in [0, 0.05) is 30.4 Å². The van der Waals surface area contributed by atoms with Gasteiger partial charge in [0.2, 0.25) is 0 Å². The van der Waals surface area contributed by atoms with Gasteiger partial charge in [0.05, 0.1) is 6.20 Å². The highest BCUT2D eigenvalue weighted by atomic mass is 15.3. The van der Waals surface area contributed by atoms with E-state index in [1.54, 1.807) is 6.20 Å². The van der Waals surface area contributed by atoms with Crippen LogP contribution in [-0.2, 0) is 0 Å². The zero-order chi connectivity index (χ0) is 15.4. The molecule has 1 N–H and O–H groups in total. The molecule has 5 nitrogen and oxygen atoms in total. The summed E-state index contributed by atoms with van der Waals surface area (Å²) in [6.45, 7) is 7.47. The van der Waals surface area contributed by atoms with Gasteiger partial charge in [-0.25, -0.2) is 4.98 Å². The first-order valence-electron chi connectivity index (χ1n) is 7.78. The molecule has 116 valence electrons.